The molecule has 1 heterocycles. The van der Waals surface area contributed by atoms with E-state index in [4.69, 9.17) is 16.7 Å². The predicted molar refractivity (Wildman–Crippen MR) is 78.5 cm³/mol. The van der Waals surface area contributed by atoms with E-state index in [0.29, 0.717) is 10.6 Å². The third-order valence-corrected chi connectivity index (χ3v) is 3.31. The van der Waals surface area contributed by atoms with Gasteiger partial charge in [-0.2, -0.15) is 0 Å². The summed E-state index contributed by atoms with van der Waals surface area (Å²) in [7, 11) is 0. The Labute approximate surface area is 126 Å². The monoisotopic (exact) mass is 304 g/mol. The van der Waals surface area contributed by atoms with Crippen LogP contribution in [0, 0.1) is 0 Å². The van der Waals surface area contributed by atoms with Gasteiger partial charge in [-0.1, -0.05) is 29.8 Å². The van der Waals surface area contributed by atoms with Gasteiger partial charge in [0.05, 0.1) is 11.6 Å². The number of nitrogens with one attached hydrogen (secondary N) is 1. The van der Waals surface area contributed by atoms with Crippen LogP contribution in [0.25, 0.3) is 0 Å². The van der Waals surface area contributed by atoms with Crippen molar-refractivity contribution in [2.24, 2.45) is 0 Å². The van der Waals surface area contributed by atoms with E-state index < -0.39 is 5.97 Å². The molecule has 5 nitrogen and oxygen atoms in total. The summed E-state index contributed by atoms with van der Waals surface area (Å²) in [4.78, 5) is 26.5. The maximum Gasteiger partial charge on any atom is 0.354 e. The minimum absolute atomic E-state index is 0.106. The average molecular weight is 305 g/mol. The first-order valence-electron chi connectivity index (χ1n) is 6.23. The number of amides is 1. The zero-order valence-electron chi connectivity index (χ0n) is 11.2. The summed E-state index contributed by atoms with van der Waals surface area (Å²) in [5, 5.41) is 12.1. The van der Waals surface area contributed by atoms with Crippen molar-refractivity contribution >= 4 is 23.5 Å². The number of rotatable bonds is 4. The number of nitrogens with zero attached hydrogens (tertiary/aromatic N) is 1. The van der Waals surface area contributed by atoms with Crippen molar-refractivity contribution in [1.82, 2.24) is 10.3 Å². The van der Waals surface area contributed by atoms with Gasteiger partial charge in [0, 0.05) is 11.2 Å². The number of carboxylic acid groups (broad SMARTS) is 1. The van der Waals surface area contributed by atoms with E-state index in [2.05, 4.69) is 10.3 Å². The number of aromatic carboxylic acids is 1. The van der Waals surface area contributed by atoms with Gasteiger partial charge in [0.1, 0.15) is 5.69 Å². The maximum atomic E-state index is 12.1. The summed E-state index contributed by atoms with van der Waals surface area (Å²) in [6.07, 6.45) is 1.23. The van der Waals surface area contributed by atoms with E-state index in [1.165, 1.54) is 18.3 Å². The van der Waals surface area contributed by atoms with Crippen molar-refractivity contribution in [3.8, 4) is 0 Å². The molecule has 0 saturated heterocycles. The Kier molecular flexibility index (Phi) is 4.55. The minimum Gasteiger partial charge on any atom is -0.477 e. The lowest BCUT2D eigenvalue weighted by atomic mass is 10.1. The van der Waals surface area contributed by atoms with E-state index in [-0.39, 0.29) is 17.6 Å². The second-order valence-electron chi connectivity index (χ2n) is 4.45. The van der Waals surface area contributed by atoms with E-state index in [0.717, 1.165) is 5.56 Å². The highest BCUT2D eigenvalue weighted by Crippen LogP contribution is 2.22. The molecule has 2 aromatic rings. The lowest BCUT2D eigenvalue weighted by Crippen LogP contribution is -2.27. The highest BCUT2D eigenvalue weighted by molar-refractivity contribution is 6.31. The van der Waals surface area contributed by atoms with Crippen LogP contribution in [0.15, 0.2) is 42.6 Å². The molecule has 0 aliphatic rings. The molecule has 1 amide bonds. The van der Waals surface area contributed by atoms with Crippen LogP contribution in [0.3, 0.4) is 0 Å². The van der Waals surface area contributed by atoms with E-state index in [9.17, 15) is 9.59 Å². The third kappa shape index (κ3) is 3.58. The van der Waals surface area contributed by atoms with Gasteiger partial charge < -0.3 is 10.4 Å². The van der Waals surface area contributed by atoms with Gasteiger partial charge in [-0.05, 0) is 30.7 Å². The summed E-state index contributed by atoms with van der Waals surface area (Å²) in [6.45, 7) is 1.82. The fraction of sp³-hybridized carbons (Fsp3) is 0.133. The fourth-order valence-corrected chi connectivity index (χ4v) is 2.14. The van der Waals surface area contributed by atoms with Crippen molar-refractivity contribution in [1.29, 1.82) is 0 Å². The van der Waals surface area contributed by atoms with Crippen LogP contribution in [0.1, 0.15) is 39.4 Å². The first-order valence-corrected chi connectivity index (χ1v) is 6.61. The second kappa shape index (κ2) is 6.37. The maximum absolute atomic E-state index is 12.1. The van der Waals surface area contributed by atoms with E-state index in [1.54, 1.807) is 6.07 Å². The number of hydrogen-bond donors (Lipinski definition) is 2. The lowest BCUT2D eigenvalue weighted by molar-refractivity contribution is 0.0689. The number of hydrogen-bond acceptors (Lipinski definition) is 3. The number of carbonyl (C=O) groups is 2. The first kappa shape index (κ1) is 15.0. The number of benzene rings is 1. The molecule has 6 heteroatoms. The minimum atomic E-state index is -1.13. The van der Waals surface area contributed by atoms with Crippen molar-refractivity contribution in [3.05, 3.63) is 64.4 Å². The standard InChI is InChI=1S/C15H13ClN2O3/c1-9(11-4-2-3-5-12(11)16)18-14(19)10-6-7-13(15(20)21)17-8-10/h2-9H,1H3,(H,18,19)(H,20,21). The normalized spacial score (nSPS) is 11.7. The Morgan fingerprint density at radius 2 is 1.95 bits per heavy atom. The van der Waals surface area contributed by atoms with Crippen LogP contribution < -0.4 is 5.32 Å². The van der Waals surface area contributed by atoms with Crippen molar-refractivity contribution in [2.75, 3.05) is 0 Å². The zero-order valence-corrected chi connectivity index (χ0v) is 12.0. The molecule has 21 heavy (non-hydrogen) atoms. The van der Waals surface area contributed by atoms with Crippen LogP contribution in [0.4, 0.5) is 0 Å². The number of halogens is 1. The Morgan fingerprint density at radius 3 is 2.52 bits per heavy atom. The molecule has 1 atom stereocenters. The molecule has 2 N–H and O–H groups in total. The quantitative estimate of drug-likeness (QED) is 0.910. The van der Waals surface area contributed by atoms with Gasteiger partial charge in [-0.15, -0.1) is 0 Å². The van der Waals surface area contributed by atoms with Crippen LogP contribution in [0.2, 0.25) is 5.02 Å². The molecule has 0 fully saturated rings. The van der Waals surface area contributed by atoms with Crippen molar-refractivity contribution < 1.29 is 14.7 Å². The molecule has 1 aromatic carbocycles. The van der Waals surface area contributed by atoms with Gasteiger partial charge in [-0.3, -0.25) is 4.79 Å². The van der Waals surface area contributed by atoms with Crippen molar-refractivity contribution in [2.45, 2.75) is 13.0 Å². The number of carboxylic acids is 1. The van der Waals surface area contributed by atoms with Gasteiger partial charge in [0.2, 0.25) is 0 Å². The number of carbonyl (C=O) groups excluding carboxylic acids is 1. The van der Waals surface area contributed by atoms with Crippen LogP contribution >= 0.6 is 11.6 Å². The van der Waals surface area contributed by atoms with Gasteiger partial charge in [0.25, 0.3) is 5.91 Å². The summed E-state index contributed by atoms with van der Waals surface area (Å²) >= 11 is 6.08. The molecular formula is C15H13ClN2O3. The Hall–Kier alpha value is -2.40. The van der Waals surface area contributed by atoms with Gasteiger partial charge >= 0.3 is 5.97 Å². The fourth-order valence-electron chi connectivity index (χ4n) is 1.84. The molecule has 0 bridgehead atoms. The molecule has 0 saturated carbocycles. The molecule has 0 radical (unpaired) electrons. The summed E-state index contributed by atoms with van der Waals surface area (Å²) < 4.78 is 0. The smallest absolute Gasteiger partial charge is 0.354 e. The Bertz CT molecular complexity index is 671. The van der Waals surface area contributed by atoms with Crippen LogP contribution in [-0.2, 0) is 0 Å². The van der Waals surface area contributed by atoms with Crippen molar-refractivity contribution in [3.63, 3.8) is 0 Å². The highest BCUT2D eigenvalue weighted by Gasteiger charge is 2.14. The molecule has 1 unspecified atom stereocenters. The molecule has 0 aliphatic carbocycles. The highest BCUT2D eigenvalue weighted by atomic mass is 35.5. The SMILES string of the molecule is CC(NC(=O)c1ccc(C(=O)O)nc1)c1ccccc1Cl. The molecule has 2 rings (SSSR count). The number of pyridine rings is 1. The van der Waals surface area contributed by atoms with Gasteiger partial charge in [-0.25, -0.2) is 9.78 Å². The van der Waals surface area contributed by atoms with Gasteiger partial charge in [0.15, 0.2) is 0 Å². The summed E-state index contributed by atoms with van der Waals surface area (Å²) in [6, 6.07) is 9.68. The Balaban J connectivity index is 2.11. The van der Waals surface area contributed by atoms with Crippen LogP contribution in [-0.4, -0.2) is 22.0 Å². The zero-order chi connectivity index (χ0) is 15.4. The first-order chi connectivity index (χ1) is 9.99. The summed E-state index contributed by atoms with van der Waals surface area (Å²) in [5.74, 6) is -1.47. The second-order valence-corrected chi connectivity index (χ2v) is 4.86. The molecule has 1 aromatic heterocycles. The molecule has 0 spiro atoms. The Morgan fingerprint density at radius 1 is 1.24 bits per heavy atom. The largest absolute Gasteiger partial charge is 0.477 e. The van der Waals surface area contributed by atoms with E-state index in [1.807, 2.05) is 25.1 Å². The lowest BCUT2D eigenvalue weighted by Gasteiger charge is -2.15. The third-order valence-electron chi connectivity index (χ3n) is 2.96. The van der Waals surface area contributed by atoms with Crippen LogP contribution in [0.5, 0.6) is 0 Å². The number of aromatic nitrogens is 1. The topological polar surface area (TPSA) is 79.3 Å². The van der Waals surface area contributed by atoms with E-state index >= 15 is 0 Å². The average Bonchev–Trinajstić information content (AvgIpc) is 2.47. The molecule has 0 aliphatic heterocycles. The molecule has 108 valence electrons. The molecular weight excluding hydrogens is 292 g/mol. The summed E-state index contributed by atoms with van der Waals surface area (Å²) in [5.41, 5.74) is 0.993. The predicted octanol–water partition coefficient (Wildman–Crippen LogP) is 2.92.